The molecule has 0 bridgehead atoms. The lowest BCUT2D eigenvalue weighted by atomic mass is 9.82. The van der Waals surface area contributed by atoms with E-state index in [2.05, 4.69) is 38.1 Å². The second kappa shape index (κ2) is 15.6. The molecular weight excluding hydrogens is 693 g/mol. The van der Waals surface area contributed by atoms with Crippen molar-refractivity contribution >= 4 is 78.5 Å². The van der Waals surface area contributed by atoms with Crippen molar-refractivity contribution in [3.63, 3.8) is 0 Å². The number of unbranched alkanes of at least 4 members (excludes halogenated alkanes) is 10. The minimum absolute atomic E-state index is 0.296. The fraction of sp³-hybridized carbons (Fsp3) is 0.360. The number of fused-ring (bicyclic) bond motifs is 2. The summed E-state index contributed by atoms with van der Waals surface area (Å²) in [6, 6.07) is 19.6. The Bertz CT molecular complexity index is 2460. The molecule has 286 valence electrons. The highest BCUT2D eigenvalue weighted by atomic mass is 16.2. The first kappa shape index (κ1) is 37.6. The molecule has 8 rings (SSSR count). The number of benzene rings is 6. The van der Waals surface area contributed by atoms with Gasteiger partial charge in [-0.1, -0.05) is 114 Å². The van der Waals surface area contributed by atoms with Gasteiger partial charge in [-0.25, -0.2) is 4.90 Å². The Hall–Kier alpha value is -5.36. The number of allylic oxidation sites excluding steroid dienone is 1. The Balaban J connectivity index is 1.24. The van der Waals surface area contributed by atoms with Crippen molar-refractivity contribution < 1.29 is 19.2 Å². The number of hydrogen-bond donors (Lipinski definition) is 0. The van der Waals surface area contributed by atoms with E-state index in [4.69, 9.17) is 0 Å². The molecule has 0 aromatic heterocycles. The molecule has 6 aromatic rings. The van der Waals surface area contributed by atoms with E-state index in [1.165, 1.54) is 79.3 Å². The van der Waals surface area contributed by atoms with E-state index in [1.54, 1.807) is 12.1 Å². The highest BCUT2D eigenvalue weighted by Gasteiger charge is 2.37. The third-order valence-electron chi connectivity index (χ3n) is 12.4. The van der Waals surface area contributed by atoms with Crippen LogP contribution >= 0.6 is 0 Å². The van der Waals surface area contributed by atoms with Crippen LogP contribution in [-0.4, -0.2) is 35.6 Å². The first-order chi connectivity index (χ1) is 27.3. The minimum Gasteiger partial charge on any atom is -0.277 e. The summed E-state index contributed by atoms with van der Waals surface area (Å²) < 4.78 is 0. The molecule has 6 nitrogen and oxygen atoms in total. The highest BCUT2D eigenvalue weighted by Crippen LogP contribution is 2.47. The molecule has 0 atom stereocenters. The van der Waals surface area contributed by atoms with Gasteiger partial charge in [-0.05, 0) is 118 Å². The molecule has 56 heavy (non-hydrogen) atoms. The third kappa shape index (κ3) is 6.18. The van der Waals surface area contributed by atoms with E-state index >= 15 is 0 Å². The number of hydrogen-bond acceptors (Lipinski definition) is 4. The summed E-state index contributed by atoms with van der Waals surface area (Å²) >= 11 is 0. The number of amides is 4. The zero-order valence-corrected chi connectivity index (χ0v) is 33.4. The largest absolute Gasteiger partial charge is 0.277 e. The van der Waals surface area contributed by atoms with Gasteiger partial charge in [0.2, 0.25) is 0 Å². The van der Waals surface area contributed by atoms with Gasteiger partial charge in [0.25, 0.3) is 23.6 Å². The first-order valence-corrected chi connectivity index (χ1v) is 21.0. The van der Waals surface area contributed by atoms with Gasteiger partial charge in [0.15, 0.2) is 0 Å². The Morgan fingerprint density at radius 3 is 1.34 bits per heavy atom. The maximum absolute atomic E-state index is 14.9. The van der Waals surface area contributed by atoms with E-state index in [9.17, 15) is 19.2 Å². The van der Waals surface area contributed by atoms with E-state index in [0.29, 0.717) is 38.7 Å². The standard InChI is InChI=1S/C50H52N2O4/c1-5-8-10-12-14-16-19-32-30-42(33(29-31(32)18-7-3)20-17-15-13-11-9-6-2)52-49(55)40-27-23-36-34-21-25-38-45-39(48(54)51(4)47(38)53)26-22-35(43(34)45)37-24-28-41(50(52)56)46(40)44(36)37/h7,18,21-30H,5-6,8-17,19-20H2,1-4H3/b18-7+. The van der Waals surface area contributed by atoms with Crippen LogP contribution in [0.3, 0.4) is 0 Å². The van der Waals surface area contributed by atoms with Gasteiger partial charge in [-0.3, -0.25) is 24.1 Å². The second-order valence-electron chi connectivity index (χ2n) is 16.0. The highest BCUT2D eigenvalue weighted by molar-refractivity contribution is 6.43. The molecule has 0 saturated heterocycles. The molecule has 2 aliphatic heterocycles. The van der Waals surface area contributed by atoms with Gasteiger partial charge < -0.3 is 0 Å². The van der Waals surface area contributed by atoms with Gasteiger partial charge >= 0.3 is 0 Å². The van der Waals surface area contributed by atoms with Crippen LogP contribution in [0.25, 0.3) is 49.2 Å². The first-order valence-electron chi connectivity index (χ1n) is 21.0. The molecule has 2 aliphatic rings. The number of carbonyl (C=O) groups is 4. The number of carbonyl (C=O) groups excluding carboxylic acids is 4. The Morgan fingerprint density at radius 2 is 0.893 bits per heavy atom. The zero-order valence-electron chi connectivity index (χ0n) is 33.4. The van der Waals surface area contributed by atoms with E-state index in [-0.39, 0.29) is 23.6 Å². The summed E-state index contributed by atoms with van der Waals surface area (Å²) in [5.74, 6) is -1.23. The van der Waals surface area contributed by atoms with Crippen LogP contribution in [0.15, 0.2) is 66.7 Å². The summed E-state index contributed by atoms with van der Waals surface area (Å²) in [5, 5.41) is 6.64. The molecule has 6 heteroatoms. The number of imide groups is 2. The predicted molar refractivity (Wildman–Crippen MR) is 231 cm³/mol. The van der Waals surface area contributed by atoms with Crippen molar-refractivity contribution in [3.8, 4) is 0 Å². The Kier molecular flexibility index (Phi) is 10.5. The van der Waals surface area contributed by atoms with Crippen molar-refractivity contribution in [3.05, 3.63) is 106 Å². The molecule has 0 aliphatic carbocycles. The lowest BCUT2D eigenvalue weighted by Crippen LogP contribution is -2.41. The van der Waals surface area contributed by atoms with Gasteiger partial charge in [-0.15, -0.1) is 0 Å². The van der Waals surface area contributed by atoms with Gasteiger partial charge in [0, 0.05) is 40.1 Å². The topological polar surface area (TPSA) is 74.8 Å². The molecule has 0 radical (unpaired) electrons. The molecule has 4 amide bonds. The minimum atomic E-state index is -0.316. The molecule has 0 saturated carbocycles. The van der Waals surface area contributed by atoms with Crippen LogP contribution in [-0.2, 0) is 12.8 Å². The van der Waals surface area contributed by atoms with Crippen LogP contribution in [0.1, 0.15) is 156 Å². The lowest BCUT2D eigenvalue weighted by molar-refractivity contribution is 0.0649. The van der Waals surface area contributed by atoms with Crippen molar-refractivity contribution in [2.75, 3.05) is 11.9 Å². The molecule has 0 unspecified atom stereocenters. The van der Waals surface area contributed by atoms with Crippen molar-refractivity contribution in [2.24, 2.45) is 0 Å². The van der Waals surface area contributed by atoms with E-state index in [0.717, 1.165) is 76.4 Å². The SMILES string of the molecule is C/C=C/c1cc(CCCCCCCC)c(N2C(=O)c3ccc4c5ccc6c7c(ccc(c8ccc(c3c48)C2=O)c75)C(=O)N(C)C6=O)cc1CCCCCCCC. The second-order valence-corrected chi connectivity index (χ2v) is 16.0. The maximum Gasteiger partial charge on any atom is 0.265 e. The van der Waals surface area contributed by atoms with E-state index < -0.39 is 0 Å². The van der Waals surface area contributed by atoms with Crippen LogP contribution in [0.5, 0.6) is 0 Å². The Labute approximate surface area is 329 Å². The summed E-state index contributed by atoms with van der Waals surface area (Å²) in [4.78, 5) is 59.0. The molecule has 0 fully saturated rings. The quantitative estimate of drug-likeness (QED) is 0.0428. The monoisotopic (exact) mass is 744 g/mol. The van der Waals surface area contributed by atoms with Gasteiger partial charge in [-0.2, -0.15) is 0 Å². The van der Waals surface area contributed by atoms with Crippen LogP contribution in [0.2, 0.25) is 0 Å². The van der Waals surface area contributed by atoms with Crippen molar-refractivity contribution in [2.45, 2.75) is 111 Å². The zero-order chi connectivity index (χ0) is 39.1. The van der Waals surface area contributed by atoms with Crippen molar-refractivity contribution in [1.82, 2.24) is 4.90 Å². The number of anilines is 1. The smallest absolute Gasteiger partial charge is 0.265 e. The van der Waals surface area contributed by atoms with Gasteiger partial charge in [0.1, 0.15) is 0 Å². The molecular formula is C50H52N2O4. The normalized spacial score (nSPS) is 14.4. The molecule has 0 spiro atoms. The fourth-order valence-corrected chi connectivity index (χ4v) is 9.45. The van der Waals surface area contributed by atoms with Crippen molar-refractivity contribution in [1.29, 1.82) is 0 Å². The molecule has 0 N–H and O–H groups in total. The number of aryl methyl sites for hydroxylation is 2. The van der Waals surface area contributed by atoms with Crippen LogP contribution in [0.4, 0.5) is 5.69 Å². The summed E-state index contributed by atoms with van der Waals surface area (Å²) in [7, 11) is 1.52. The molecule has 2 heterocycles. The average Bonchev–Trinajstić information content (AvgIpc) is 3.21. The summed E-state index contributed by atoms with van der Waals surface area (Å²) in [5.41, 5.74) is 6.15. The maximum atomic E-state index is 14.9. The number of rotatable bonds is 16. The summed E-state index contributed by atoms with van der Waals surface area (Å²) in [6.07, 6.45) is 20.1. The Morgan fingerprint density at radius 1 is 0.482 bits per heavy atom. The van der Waals surface area contributed by atoms with Crippen LogP contribution < -0.4 is 4.90 Å². The predicted octanol–water partition coefficient (Wildman–Crippen LogP) is 12.6. The van der Waals surface area contributed by atoms with Crippen LogP contribution in [0, 0.1) is 0 Å². The molecule has 6 aromatic carbocycles. The third-order valence-corrected chi connectivity index (χ3v) is 12.4. The average molecular weight is 745 g/mol. The number of nitrogens with zero attached hydrogens (tertiary/aromatic N) is 2. The lowest BCUT2D eigenvalue weighted by Gasteiger charge is -2.31. The summed E-state index contributed by atoms with van der Waals surface area (Å²) in [6.45, 7) is 6.52. The van der Waals surface area contributed by atoms with Gasteiger partial charge in [0.05, 0.1) is 5.69 Å². The van der Waals surface area contributed by atoms with E-state index in [1.807, 2.05) is 43.3 Å². The fourth-order valence-electron chi connectivity index (χ4n) is 9.45.